The van der Waals surface area contributed by atoms with Crippen molar-refractivity contribution in [1.29, 1.82) is 10.8 Å². The molecule has 1 aliphatic heterocycles. The van der Waals surface area contributed by atoms with Crippen LogP contribution in [0.4, 0.5) is 5.69 Å². The third-order valence-electron chi connectivity index (χ3n) is 6.83. The predicted octanol–water partition coefficient (Wildman–Crippen LogP) is 4.85. The summed E-state index contributed by atoms with van der Waals surface area (Å²) in [6.45, 7) is 4.54. The first-order chi connectivity index (χ1) is 18.5. The van der Waals surface area contributed by atoms with E-state index in [4.69, 9.17) is 20.7 Å². The highest BCUT2D eigenvalue weighted by atomic mass is 35.5. The lowest BCUT2D eigenvalue weighted by Crippen LogP contribution is -2.40. The highest BCUT2D eigenvalue weighted by molar-refractivity contribution is 7.90. The van der Waals surface area contributed by atoms with Crippen molar-refractivity contribution in [3.63, 3.8) is 0 Å². The maximum atomic E-state index is 12.1. The van der Waals surface area contributed by atoms with E-state index in [1.165, 1.54) is 0 Å². The molecule has 0 aliphatic carbocycles. The lowest BCUT2D eigenvalue weighted by atomic mass is 10.0. The summed E-state index contributed by atoms with van der Waals surface area (Å²) in [7, 11) is -4.00. The molecule has 222 valence electrons. The minimum Gasteiger partial charge on any atom is -0.490 e. The Balaban J connectivity index is 0.00000294. The lowest BCUT2D eigenvalue weighted by Gasteiger charge is -2.32. The first-order valence-electron chi connectivity index (χ1n) is 12.7. The quantitative estimate of drug-likeness (QED) is 0.168. The minimum atomic E-state index is -4.00. The van der Waals surface area contributed by atoms with Gasteiger partial charge in [0.2, 0.25) is 10.0 Å². The fourth-order valence-corrected chi connectivity index (χ4v) is 5.22. The van der Waals surface area contributed by atoms with Crippen molar-refractivity contribution >= 4 is 68.9 Å². The zero-order chi connectivity index (χ0) is 28.2. The molecule has 1 saturated heterocycles. The zero-order valence-corrected chi connectivity index (χ0v) is 25.2. The number of carboxylic acid groups (broad SMARTS) is 1. The number of rotatable bonds is 9. The van der Waals surface area contributed by atoms with Gasteiger partial charge in [-0.05, 0) is 66.6 Å². The molecule has 0 aromatic heterocycles. The van der Waals surface area contributed by atoms with Gasteiger partial charge in [-0.3, -0.25) is 15.6 Å². The zero-order valence-electron chi connectivity index (χ0n) is 22.7. The van der Waals surface area contributed by atoms with Gasteiger partial charge in [0.25, 0.3) is 0 Å². The number of ether oxygens (including phenoxy) is 1. The van der Waals surface area contributed by atoms with E-state index < -0.39 is 21.2 Å². The summed E-state index contributed by atoms with van der Waals surface area (Å²) >= 11 is 0. The van der Waals surface area contributed by atoms with E-state index in [1.807, 2.05) is 54.6 Å². The first kappa shape index (κ1) is 33.8. The maximum absolute atomic E-state index is 12.1. The van der Waals surface area contributed by atoms with Gasteiger partial charge < -0.3 is 20.1 Å². The van der Waals surface area contributed by atoms with E-state index in [-0.39, 0.29) is 43.3 Å². The van der Waals surface area contributed by atoms with Crippen molar-refractivity contribution in [2.45, 2.75) is 44.6 Å². The highest BCUT2D eigenvalue weighted by Crippen LogP contribution is 2.23. The van der Waals surface area contributed by atoms with E-state index in [9.17, 15) is 13.2 Å². The van der Waals surface area contributed by atoms with Crippen LogP contribution in [0, 0.1) is 10.8 Å². The van der Waals surface area contributed by atoms with Crippen molar-refractivity contribution in [2.24, 2.45) is 0 Å². The molecule has 1 atom stereocenters. The van der Waals surface area contributed by atoms with Gasteiger partial charge in [-0.2, -0.15) is 0 Å². The molecule has 1 aliphatic rings. The number of hydrogen-bond donors (Lipinski definition) is 5. The molecule has 3 aromatic carbocycles. The number of halogens is 2. The summed E-state index contributed by atoms with van der Waals surface area (Å²) in [5.74, 6) is 0.160. The Morgan fingerprint density at radius 2 is 1.66 bits per heavy atom. The average molecular weight is 625 g/mol. The molecule has 0 saturated carbocycles. The monoisotopic (exact) mass is 623 g/mol. The third kappa shape index (κ3) is 8.80. The molecule has 0 bridgehead atoms. The number of carboxylic acids is 1. The number of benzene rings is 3. The van der Waals surface area contributed by atoms with Crippen molar-refractivity contribution < 1.29 is 23.1 Å². The summed E-state index contributed by atoms with van der Waals surface area (Å²) in [6.07, 6.45) is 1.87. The van der Waals surface area contributed by atoms with Crippen molar-refractivity contribution in [1.82, 2.24) is 9.62 Å². The second-order valence-corrected chi connectivity index (χ2v) is 11.7. The Morgan fingerprint density at radius 1 is 1.02 bits per heavy atom. The van der Waals surface area contributed by atoms with Crippen LogP contribution in [0.3, 0.4) is 0 Å². The molecule has 13 heteroatoms. The van der Waals surface area contributed by atoms with Crippen molar-refractivity contribution in [2.75, 3.05) is 18.4 Å². The fraction of sp³-hybridized carbons (Fsp3) is 0.321. The Labute approximate surface area is 252 Å². The van der Waals surface area contributed by atoms with Crippen LogP contribution in [-0.2, 0) is 21.4 Å². The number of nitrogens with zero attached hydrogens (tertiary/aromatic N) is 1. The van der Waals surface area contributed by atoms with E-state index >= 15 is 0 Å². The standard InChI is InChI=1S/C28H33N5O5S.2ClH/c1-18(28(34)35)39(36,37)31-17-20-3-4-21-5-6-22(16-23(21)15-20)27(30)32-24-7-9-25(10-8-24)38-26-11-13-33(14-12-26)19(2)29;;/h3-10,15-16,18,26,29,31H,11-14,17H2,1-2H3,(H2,30,32)(H,34,35);2*1H. The smallest absolute Gasteiger partial charge is 0.323 e. The van der Waals surface area contributed by atoms with E-state index in [2.05, 4.69) is 14.9 Å². The molecular formula is C28H35Cl2N5O5S. The van der Waals surface area contributed by atoms with Crippen LogP contribution in [0.5, 0.6) is 5.75 Å². The number of sulfonamides is 1. The minimum absolute atomic E-state index is 0. The first-order valence-corrected chi connectivity index (χ1v) is 14.2. The molecule has 1 unspecified atom stereocenters. The molecule has 1 heterocycles. The summed E-state index contributed by atoms with van der Waals surface area (Å²) in [6, 6.07) is 18.5. The Morgan fingerprint density at radius 3 is 2.27 bits per heavy atom. The maximum Gasteiger partial charge on any atom is 0.323 e. The average Bonchev–Trinajstić information content (AvgIpc) is 2.92. The summed E-state index contributed by atoms with van der Waals surface area (Å²) in [5, 5.41) is 28.6. The second kappa shape index (κ2) is 14.5. The molecule has 1 fully saturated rings. The number of fused-ring (bicyclic) bond motifs is 1. The number of carbonyl (C=O) groups is 1. The molecule has 5 N–H and O–H groups in total. The van der Waals surface area contributed by atoms with Gasteiger partial charge in [0.05, 0.1) is 5.84 Å². The molecule has 10 nitrogen and oxygen atoms in total. The number of piperidine rings is 1. The van der Waals surface area contributed by atoms with Crippen LogP contribution in [0.2, 0.25) is 0 Å². The Kier molecular flexibility index (Phi) is 12.0. The van der Waals surface area contributed by atoms with Crippen LogP contribution in [-0.4, -0.2) is 60.5 Å². The predicted molar refractivity (Wildman–Crippen MR) is 167 cm³/mol. The van der Waals surface area contributed by atoms with Gasteiger partial charge in [-0.1, -0.05) is 24.3 Å². The molecular weight excluding hydrogens is 589 g/mol. The topological polar surface area (TPSA) is 156 Å². The van der Waals surface area contributed by atoms with E-state index in [0.717, 1.165) is 55.1 Å². The van der Waals surface area contributed by atoms with E-state index in [0.29, 0.717) is 17.0 Å². The molecule has 4 rings (SSSR count). The van der Waals surface area contributed by atoms with E-state index in [1.54, 1.807) is 13.0 Å². The summed E-state index contributed by atoms with van der Waals surface area (Å²) in [4.78, 5) is 13.1. The molecule has 0 radical (unpaired) electrons. The number of nitrogens with one attached hydrogen (secondary N) is 4. The third-order valence-corrected chi connectivity index (χ3v) is 8.51. The van der Waals surface area contributed by atoms with Gasteiger partial charge in [-0.25, -0.2) is 13.1 Å². The summed E-state index contributed by atoms with van der Waals surface area (Å²) in [5.41, 5.74) is 2.08. The van der Waals surface area contributed by atoms with Gasteiger partial charge in [0, 0.05) is 43.7 Å². The molecule has 0 amide bonds. The number of likely N-dealkylation sites (tertiary alicyclic amines) is 1. The van der Waals surface area contributed by atoms with Gasteiger partial charge in [0.15, 0.2) is 5.25 Å². The number of aliphatic carboxylic acids is 1. The largest absolute Gasteiger partial charge is 0.490 e. The Hall–Kier alpha value is -3.38. The van der Waals surface area contributed by atoms with Crippen LogP contribution in [0.1, 0.15) is 37.8 Å². The Bertz CT molecular complexity index is 1490. The molecule has 41 heavy (non-hydrogen) atoms. The van der Waals surface area contributed by atoms with Crippen LogP contribution >= 0.6 is 24.8 Å². The fourth-order valence-electron chi connectivity index (χ4n) is 4.34. The normalized spacial score (nSPS) is 14.3. The van der Waals surface area contributed by atoms with Crippen LogP contribution in [0.15, 0.2) is 60.7 Å². The second-order valence-electron chi connectivity index (χ2n) is 9.66. The van der Waals surface area contributed by atoms with Crippen molar-refractivity contribution in [3.05, 3.63) is 71.8 Å². The highest BCUT2D eigenvalue weighted by Gasteiger charge is 2.27. The van der Waals surface area contributed by atoms with Gasteiger partial charge in [-0.15, -0.1) is 24.8 Å². The molecule has 0 spiro atoms. The number of amidine groups is 2. The summed E-state index contributed by atoms with van der Waals surface area (Å²) < 4.78 is 32.7. The van der Waals surface area contributed by atoms with Gasteiger partial charge >= 0.3 is 5.97 Å². The SMILES string of the molecule is CC(=N)N1CCC(Oc2ccc(NC(=N)c3ccc4ccc(CNS(=O)(=O)C(C)C(=O)O)cc4c3)cc2)CC1.Cl.Cl. The molecule has 3 aromatic rings. The number of anilines is 1. The van der Waals surface area contributed by atoms with Crippen LogP contribution in [0.25, 0.3) is 10.8 Å². The lowest BCUT2D eigenvalue weighted by molar-refractivity contribution is -0.136. The van der Waals surface area contributed by atoms with Gasteiger partial charge in [0.1, 0.15) is 17.7 Å². The van der Waals surface area contributed by atoms with Crippen molar-refractivity contribution in [3.8, 4) is 5.75 Å². The van der Waals surface area contributed by atoms with Crippen LogP contribution < -0.4 is 14.8 Å². The number of hydrogen-bond acceptors (Lipinski definition) is 6.